The van der Waals surface area contributed by atoms with Crippen molar-refractivity contribution in [2.75, 3.05) is 36.8 Å². The fourth-order valence-electron chi connectivity index (χ4n) is 2.79. The van der Waals surface area contributed by atoms with Gasteiger partial charge in [0.25, 0.3) is 0 Å². The smallest absolute Gasteiger partial charge is 0.225 e. The molecule has 0 atom stereocenters. The molecule has 1 aromatic rings. The lowest BCUT2D eigenvalue weighted by atomic mass is 10.0. The molecule has 0 bridgehead atoms. The van der Waals surface area contributed by atoms with Crippen molar-refractivity contribution >= 4 is 17.4 Å². The summed E-state index contributed by atoms with van der Waals surface area (Å²) in [5, 5.41) is 0. The third-order valence-corrected chi connectivity index (χ3v) is 4.36. The zero-order valence-corrected chi connectivity index (χ0v) is 13.3. The minimum Gasteiger partial charge on any atom is -0.397 e. The predicted octanol–water partition coefficient (Wildman–Crippen LogP) is 2.06. The number of amides is 1. The number of aromatic nitrogens is 1. The minimum atomic E-state index is 0.174. The second kappa shape index (κ2) is 6.78. The maximum atomic E-state index is 12.4. The van der Waals surface area contributed by atoms with Gasteiger partial charge in [0.15, 0.2) is 0 Å². The van der Waals surface area contributed by atoms with Crippen LogP contribution >= 0.6 is 0 Å². The molecule has 0 spiro atoms. The molecular weight excluding hydrogens is 264 g/mol. The SMILES string of the molecule is CCC(CC)C(=O)N1CCN(c2ccc(N)c(C)n2)CC1. The van der Waals surface area contributed by atoms with Crippen LogP contribution in [0.3, 0.4) is 0 Å². The Morgan fingerprint density at radius 3 is 2.38 bits per heavy atom. The highest BCUT2D eigenvalue weighted by atomic mass is 16.2. The van der Waals surface area contributed by atoms with Gasteiger partial charge >= 0.3 is 0 Å². The molecule has 0 saturated carbocycles. The Labute approximate surface area is 127 Å². The summed E-state index contributed by atoms with van der Waals surface area (Å²) in [6.07, 6.45) is 1.85. The number of aryl methyl sites for hydroxylation is 1. The molecule has 1 aliphatic rings. The average Bonchev–Trinajstić information content (AvgIpc) is 2.51. The molecule has 2 N–H and O–H groups in total. The summed E-state index contributed by atoms with van der Waals surface area (Å²) in [5.41, 5.74) is 7.40. The number of hydrogen-bond donors (Lipinski definition) is 1. The van der Waals surface area contributed by atoms with E-state index in [1.165, 1.54) is 0 Å². The number of hydrogen-bond acceptors (Lipinski definition) is 4. The summed E-state index contributed by atoms with van der Waals surface area (Å²) in [7, 11) is 0. The van der Waals surface area contributed by atoms with E-state index in [4.69, 9.17) is 5.73 Å². The highest BCUT2D eigenvalue weighted by Gasteiger charge is 2.25. The van der Waals surface area contributed by atoms with Gasteiger partial charge < -0.3 is 15.5 Å². The fourth-order valence-corrected chi connectivity index (χ4v) is 2.79. The number of piperazine rings is 1. The number of nitrogens with zero attached hydrogens (tertiary/aromatic N) is 3. The summed E-state index contributed by atoms with van der Waals surface area (Å²) < 4.78 is 0. The van der Waals surface area contributed by atoms with Crippen LogP contribution < -0.4 is 10.6 Å². The van der Waals surface area contributed by atoms with Gasteiger partial charge in [0.2, 0.25) is 5.91 Å². The van der Waals surface area contributed by atoms with E-state index >= 15 is 0 Å². The maximum absolute atomic E-state index is 12.4. The van der Waals surface area contributed by atoms with Crippen LogP contribution in [0.4, 0.5) is 11.5 Å². The molecule has 1 fully saturated rings. The molecule has 0 radical (unpaired) electrons. The largest absolute Gasteiger partial charge is 0.397 e. The summed E-state index contributed by atoms with van der Waals surface area (Å²) in [4.78, 5) is 21.1. The first-order valence-corrected chi connectivity index (χ1v) is 7.83. The molecule has 1 aliphatic heterocycles. The van der Waals surface area contributed by atoms with Crippen molar-refractivity contribution in [3.63, 3.8) is 0 Å². The van der Waals surface area contributed by atoms with E-state index in [-0.39, 0.29) is 5.92 Å². The topological polar surface area (TPSA) is 62.5 Å². The first-order valence-electron chi connectivity index (χ1n) is 7.83. The van der Waals surface area contributed by atoms with Gasteiger partial charge in [0.1, 0.15) is 5.82 Å². The van der Waals surface area contributed by atoms with Gasteiger partial charge in [-0.1, -0.05) is 13.8 Å². The van der Waals surface area contributed by atoms with Gasteiger partial charge in [-0.25, -0.2) is 4.98 Å². The number of pyridine rings is 1. The molecule has 21 heavy (non-hydrogen) atoms. The van der Waals surface area contributed by atoms with Gasteiger partial charge in [-0.3, -0.25) is 4.79 Å². The second-order valence-electron chi connectivity index (χ2n) is 5.67. The van der Waals surface area contributed by atoms with E-state index in [2.05, 4.69) is 23.7 Å². The molecule has 1 aromatic heterocycles. The third kappa shape index (κ3) is 3.46. The number of nitrogens with two attached hydrogens (primary N) is 1. The van der Waals surface area contributed by atoms with Gasteiger partial charge in [-0.2, -0.15) is 0 Å². The van der Waals surface area contributed by atoms with Crippen LogP contribution in [0.15, 0.2) is 12.1 Å². The van der Waals surface area contributed by atoms with E-state index in [0.717, 1.165) is 56.2 Å². The number of anilines is 2. The van der Waals surface area contributed by atoms with Crippen molar-refractivity contribution in [2.24, 2.45) is 5.92 Å². The first kappa shape index (κ1) is 15.6. The fraction of sp³-hybridized carbons (Fsp3) is 0.625. The van der Waals surface area contributed by atoms with Gasteiger partial charge in [0.05, 0.1) is 11.4 Å². The van der Waals surface area contributed by atoms with E-state index in [1.807, 2.05) is 24.0 Å². The standard InChI is InChI=1S/C16H26N4O/c1-4-13(5-2)16(21)20-10-8-19(9-11-20)15-7-6-14(17)12(3)18-15/h6-7,13H,4-5,8-11,17H2,1-3H3. The van der Waals surface area contributed by atoms with Gasteiger partial charge in [-0.15, -0.1) is 0 Å². The average molecular weight is 290 g/mol. The van der Waals surface area contributed by atoms with Crippen molar-refractivity contribution < 1.29 is 4.79 Å². The molecule has 116 valence electrons. The number of nitrogen functional groups attached to an aromatic ring is 1. The molecule has 5 heteroatoms. The van der Waals surface area contributed by atoms with Crippen LogP contribution in [0, 0.1) is 12.8 Å². The van der Waals surface area contributed by atoms with E-state index in [1.54, 1.807) is 0 Å². The number of carbonyl (C=O) groups is 1. The van der Waals surface area contributed by atoms with E-state index in [9.17, 15) is 4.79 Å². The van der Waals surface area contributed by atoms with Crippen molar-refractivity contribution in [1.82, 2.24) is 9.88 Å². The zero-order valence-electron chi connectivity index (χ0n) is 13.3. The molecule has 1 saturated heterocycles. The summed E-state index contributed by atoms with van der Waals surface area (Å²) >= 11 is 0. The van der Waals surface area contributed by atoms with Crippen LogP contribution in [-0.4, -0.2) is 42.0 Å². The van der Waals surface area contributed by atoms with Gasteiger partial charge in [0, 0.05) is 32.1 Å². The molecule has 0 unspecified atom stereocenters. The monoisotopic (exact) mass is 290 g/mol. The second-order valence-corrected chi connectivity index (χ2v) is 5.67. The zero-order chi connectivity index (χ0) is 15.4. The molecule has 2 rings (SSSR count). The van der Waals surface area contributed by atoms with Crippen molar-refractivity contribution in [2.45, 2.75) is 33.6 Å². The molecule has 0 aromatic carbocycles. The Morgan fingerprint density at radius 1 is 1.24 bits per heavy atom. The molecule has 2 heterocycles. The number of carbonyl (C=O) groups excluding carboxylic acids is 1. The predicted molar refractivity (Wildman–Crippen MR) is 86.3 cm³/mol. The molecule has 5 nitrogen and oxygen atoms in total. The van der Waals surface area contributed by atoms with E-state index < -0.39 is 0 Å². The highest BCUT2D eigenvalue weighted by Crippen LogP contribution is 2.19. The maximum Gasteiger partial charge on any atom is 0.225 e. The summed E-state index contributed by atoms with van der Waals surface area (Å²) in [6, 6.07) is 3.86. The van der Waals surface area contributed by atoms with Crippen LogP contribution in [0.1, 0.15) is 32.4 Å². The van der Waals surface area contributed by atoms with Gasteiger partial charge in [-0.05, 0) is 31.9 Å². The number of rotatable bonds is 4. The molecule has 1 amide bonds. The minimum absolute atomic E-state index is 0.174. The first-order chi connectivity index (χ1) is 10.1. The van der Waals surface area contributed by atoms with Crippen molar-refractivity contribution in [3.05, 3.63) is 17.8 Å². The quantitative estimate of drug-likeness (QED) is 0.922. The van der Waals surface area contributed by atoms with E-state index in [0.29, 0.717) is 5.91 Å². The van der Waals surface area contributed by atoms with Crippen LogP contribution in [-0.2, 0) is 4.79 Å². The lowest BCUT2D eigenvalue weighted by Gasteiger charge is -2.37. The van der Waals surface area contributed by atoms with Crippen molar-refractivity contribution in [1.29, 1.82) is 0 Å². The van der Waals surface area contributed by atoms with Crippen LogP contribution in [0.5, 0.6) is 0 Å². The summed E-state index contributed by atoms with van der Waals surface area (Å²) in [6.45, 7) is 9.32. The Hall–Kier alpha value is -1.78. The summed E-state index contributed by atoms with van der Waals surface area (Å²) in [5.74, 6) is 1.44. The Kier molecular flexibility index (Phi) is 5.04. The third-order valence-electron chi connectivity index (χ3n) is 4.36. The lowest BCUT2D eigenvalue weighted by Crippen LogP contribution is -2.50. The van der Waals surface area contributed by atoms with Crippen molar-refractivity contribution in [3.8, 4) is 0 Å². The highest BCUT2D eigenvalue weighted by molar-refractivity contribution is 5.79. The Morgan fingerprint density at radius 2 is 1.86 bits per heavy atom. The van der Waals surface area contributed by atoms with Crippen LogP contribution in [0.2, 0.25) is 0 Å². The lowest BCUT2D eigenvalue weighted by molar-refractivity contribution is -0.136. The Bertz CT molecular complexity index is 491. The molecular formula is C16H26N4O. The van der Waals surface area contributed by atoms with Crippen LogP contribution in [0.25, 0.3) is 0 Å². The normalized spacial score (nSPS) is 15.6. The molecule has 0 aliphatic carbocycles. The Balaban J connectivity index is 1.96.